The Hall–Kier alpha value is -3.14. The number of para-hydroxylation sites is 2. The van der Waals surface area contributed by atoms with Crippen LogP contribution in [-0.4, -0.2) is 22.4 Å². The number of hydrogen-bond acceptors (Lipinski definition) is 4. The zero-order chi connectivity index (χ0) is 15.0. The van der Waals surface area contributed by atoms with Crippen LogP contribution in [0.25, 0.3) is 0 Å². The van der Waals surface area contributed by atoms with Gasteiger partial charge in [0, 0.05) is 0 Å². The standard InChI is InChI=1S/C18H14N4/c1-3-7-15(8-4-1)19-12-17-11-18(22-14-21-17)13-20-16-9-5-2-6-10-16/h1-14H/b19-12+,20-13+. The Morgan fingerprint density at radius 1 is 0.636 bits per heavy atom. The Bertz CT molecular complexity index is 716. The molecule has 0 fully saturated rings. The molecule has 0 unspecified atom stereocenters. The van der Waals surface area contributed by atoms with Crippen molar-refractivity contribution < 1.29 is 0 Å². The molecule has 0 aliphatic rings. The molecule has 0 saturated heterocycles. The fraction of sp³-hybridized carbons (Fsp3) is 0. The summed E-state index contributed by atoms with van der Waals surface area (Å²) in [7, 11) is 0. The molecule has 0 bridgehead atoms. The molecule has 0 radical (unpaired) electrons. The minimum Gasteiger partial charge on any atom is -0.255 e. The summed E-state index contributed by atoms with van der Waals surface area (Å²) in [6, 6.07) is 21.3. The molecule has 22 heavy (non-hydrogen) atoms. The Morgan fingerprint density at radius 3 is 1.55 bits per heavy atom. The van der Waals surface area contributed by atoms with Crippen molar-refractivity contribution in [2.24, 2.45) is 9.98 Å². The van der Waals surface area contributed by atoms with E-state index in [2.05, 4.69) is 20.0 Å². The van der Waals surface area contributed by atoms with Gasteiger partial charge in [-0.15, -0.1) is 0 Å². The van der Waals surface area contributed by atoms with Crippen molar-refractivity contribution in [3.8, 4) is 0 Å². The molecule has 0 atom stereocenters. The number of rotatable bonds is 4. The van der Waals surface area contributed by atoms with Gasteiger partial charge >= 0.3 is 0 Å². The van der Waals surface area contributed by atoms with Crippen molar-refractivity contribution in [2.75, 3.05) is 0 Å². The zero-order valence-electron chi connectivity index (χ0n) is 11.9. The molecule has 0 aliphatic heterocycles. The maximum atomic E-state index is 4.38. The second-order valence-corrected chi connectivity index (χ2v) is 4.56. The molecule has 106 valence electrons. The summed E-state index contributed by atoms with van der Waals surface area (Å²) in [4.78, 5) is 17.1. The predicted octanol–water partition coefficient (Wildman–Crippen LogP) is 3.98. The third-order valence-corrected chi connectivity index (χ3v) is 2.91. The molecule has 2 aromatic carbocycles. The number of hydrogen-bond donors (Lipinski definition) is 0. The molecule has 0 aliphatic carbocycles. The van der Waals surface area contributed by atoms with E-state index in [-0.39, 0.29) is 0 Å². The van der Waals surface area contributed by atoms with Gasteiger partial charge in [-0.1, -0.05) is 36.4 Å². The van der Waals surface area contributed by atoms with Crippen LogP contribution in [-0.2, 0) is 0 Å². The van der Waals surface area contributed by atoms with Gasteiger partial charge < -0.3 is 0 Å². The minimum absolute atomic E-state index is 0.744. The molecular formula is C18H14N4. The summed E-state index contributed by atoms with van der Waals surface area (Å²) < 4.78 is 0. The quantitative estimate of drug-likeness (QED) is 0.681. The van der Waals surface area contributed by atoms with E-state index in [0.29, 0.717) is 0 Å². The smallest absolute Gasteiger partial charge is 0.116 e. The first-order valence-electron chi connectivity index (χ1n) is 6.90. The molecule has 0 N–H and O–H groups in total. The van der Waals surface area contributed by atoms with E-state index in [4.69, 9.17) is 0 Å². The second kappa shape index (κ2) is 7.04. The average molecular weight is 286 g/mol. The lowest BCUT2D eigenvalue weighted by molar-refractivity contribution is 1.14. The molecule has 0 saturated carbocycles. The monoisotopic (exact) mass is 286 g/mol. The summed E-state index contributed by atoms with van der Waals surface area (Å²) >= 11 is 0. The Morgan fingerprint density at radius 2 is 1.09 bits per heavy atom. The predicted molar refractivity (Wildman–Crippen MR) is 89.4 cm³/mol. The highest BCUT2D eigenvalue weighted by atomic mass is 14.9. The second-order valence-electron chi connectivity index (χ2n) is 4.56. The van der Waals surface area contributed by atoms with Crippen LogP contribution in [0.4, 0.5) is 11.4 Å². The van der Waals surface area contributed by atoms with Crippen LogP contribution in [0.1, 0.15) is 11.4 Å². The van der Waals surface area contributed by atoms with Gasteiger partial charge in [-0.25, -0.2) is 9.97 Å². The lowest BCUT2D eigenvalue weighted by Crippen LogP contribution is -1.94. The summed E-state index contributed by atoms with van der Waals surface area (Å²) in [6.45, 7) is 0. The highest BCUT2D eigenvalue weighted by Gasteiger charge is 1.94. The topological polar surface area (TPSA) is 50.5 Å². The zero-order valence-corrected chi connectivity index (χ0v) is 11.9. The first-order chi connectivity index (χ1) is 10.9. The van der Waals surface area contributed by atoms with Crippen molar-refractivity contribution in [1.82, 2.24) is 9.97 Å². The van der Waals surface area contributed by atoms with Gasteiger partial charge in [-0.3, -0.25) is 9.98 Å². The summed E-state index contributed by atoms with van der Waals surface area (Å²) in [5, 5.41) is 0. The summed E-state index contributed by atoms with van der Waals surface area (Å²) in [5.41, 5.74) is 3.27. The van der Waals surface area contributed by atoms with Crippen LogP contribution >= 0.6 is 0 Å². The summed E-state index contributed by atoms with van der Waals surface area (Å²) in [6.07, 6.45) is 4.95. The molecule has 1 aromatic heterocycles. The van der Waals surface area contributed by atoms with E-state index >= 15 is 0 Å². The van der Waals surface area contributed by atoms with Gasteiger partial charge in [0.05, 0.1) is 35.2 Å². The van der Waals surface area contributed by atoms with Gasteiger partial charge in [-0.2, -0.15) is 0 Å². The largest absolute Gasteiger partial charge is 0.255 e. The van der Waals surface area contributed by atoms with Gasteiger partial charge in [0.2, 0.25) is 0 Å². The normalized spacial score (nSPS) is 11.3. The third-order valence-electron chi connectivity index (χ3n) is 2.91. The number of aromatic nitrogens is 2. The van der Waals surface area contributed by atoms with Crippen LogP contribution in [0.2, 0.25) is 0 Å². The molecule has 1 heterocycles. The van der Waals surface area contributed by atoms with E-state index in [9.17, 15) is 0 Å². The van der Waals surface area contributed by atoms with Gasteiger partial charge in [-0.05, 0) is 30.3 Å². The van der Waals surface area contributed by atoms with Crippen LogP contribution < -0.4 is 0 Å². The first-order valence-corrected chi connectivity index (χ1v) is 6.90. The highest BCUT2D eigenvalue weighted by Crippen LogP contribution is 2.10. The average Bonchev–Trinajstić information content (AvgIpc) is 2.60. The van der Waals surface area contributed by atoms with Crippen LogP contribution in [0.3, 0.4) is 0 Å². The molecule has 3 aromatic rings. The maximum absolute atomic E-state index is 4.38. The maximum Gasteiger partial charge on any atom is 0.116 e. The van der Waals surface area contributed by atoms with E-state index in [0.717, 1.165) is 22.8 Å². The molecule has 4 nitrogen and oxygen atoms in total. The van der Waals surface area contributed by atoms with Gasteiger partial charge in [0.15, 0.2) is 0 Å². The van der Waals surface area contributed by atoms with Crippen LogP contribution in [0.5, 0.6) is 0 Å². The lowest BCUT2D eigenvalue weighted by atomic mass is 10.3. The fourth-order valence-electron chi connectivity index (χ4n) is 1.84. The van der Waals surface area contributed by atoms with E-state index in [1.54, 1.807) is 12.4 Å². The van der Waals surface area contributed by atoms with Gasteiger partial charge in [0.25, 0.3) is 0 Å². The third kappa shape index (κ3) is 3.93. The Kier molecular flexibility index (Phi) is 4.42. The number of nitrogens with zero attached hydrogens (tertiary/aromatic N) is 4. The summed E-state index contributed by atoms with van der Waals surface area (Å²) in [5.74, 6) is 0. The SMILES string of the molecule is C(=N\c1ccccc1)/c1cc(/C=N/c2ccccc2)ncn1. The Balaban J connectivity index is 1.75. The molecular weight excluding hydrogens is 272 g/mol. The molecule has 0 amide bonds. The van der Waals surface area contributed by atoms with Gasteiger partial charge in [0.1, 0.15) is 6.33 Å². The fourth-order valence-corrected chi connectivity index (χ4v) is 1.84. The molecule has 4 heteroatoms. The number of benzene rings is 2. The van der Waals surface area contributed by atoms with E-state index < -0.39 is 0 Å². The van der Waals surface area contributed by atoms with Crippen molar-refractivity contribution in [3.05, 3.63) is 84.4 Å². The van der Waals surface area contributed by atoms with Crippen molar-refractivity contribution in [2.45, 2.75) is 0 Å². The highest BCUT2D eigenvalue weighted by molar-refractivity contribution is 5.84. The van der Waals surface area contributed by atoms with Crippen LogP contribution in [0.15, 0.2) is 83.0 Å². The van der Waals surface area contributed by atoms with E-state index in [1.165, 1.54) is 6.33 Å². The Labute approximate surface area is 129 Å². The number of aliphatic imine (C=N–C) groups is 2. The van der Waals surface area contributed by atoms with Crippen LogP contribution in [0, 0.1) is 0 Å². The van der Waals surface area contributed by atoms with E-state index in [1.807, 2.05) is 66.7 Å². The minimum atomic E-state index is 0.744. The lowest BCUT2D eigenvalue weighted by Gasteiger charge is -1.96. The van der Waals surface area contributed by atoms with Crippen molar-refractivity contribution >= 4 is 23.8 Å². The molecule has 0 spiro atoms. The first kappa shape index (κ1) is 13.8. The molecule has 3 rings (SSSR count). The van der Waals surface area contributed by atoms with Crippen molar-refractivity contribution in [1.29, 1.82) is 0 Å². The van der Waals surface area contributed by atoms with Crippen molar-refractivity contribution in [3.63, 3.8) is 0 Å².